The van der Waals surface area contributed by atoms with Gasteiger partial charge in [-0.2, -0.15) is 0 Å². The fourth-order valence-corrected chi connectivity index (χ4v) is 2.97. The Kier molecular flexibility index (Phi) is 6.61. The first-order chi connectivity index (χ1) is 11.5. The fourth-order valence-electron chi connectivity index (χ4n) is 2.37. The van der Waals surface area contributed by atoms with Gasteiger partial charge in [0.1, 0.15) is 0 Å². The van der Waals surface area contributed by atoms with Crippen LogP contribution in [0.4, 0.5) is 5.69 Å². The molecule has 1 N–H and O–H groups in total. The van der Waals surface area contributed by atoms with Crippen LogP contribution in [0.15, 0.2) is 34.6 Å². The molecule has 1 aromatic carbocycles. The van der Waals surface area contributed by atoms with Crippen molar-refractivity contribution in [2.24, 2.45) is 4.99 Å². The minimum Gasteiger partial charge on any atom is -0.378 e. The maximum atomic E-state index is 4.78. The average molecular weight is 346 g/mol. The van der Waals surface area contributed by atoms with Crippen LogP contribution >= 0.6 is 11.3 Å². The summed E-state index contributed by atoms with van der Waals surface area (Å²) < 4.78 is 0. The minimum atomic E-state index is 0.657. The number of nitrogens with zero attached hydrogens (tertiary/aromatic N) is 4. The maximum Gasteiger partial charge on any atom is 0.194 e. The van der Waals surface area contributed by atoms with Crippen molar-refractivity contribution < 1.29 is 0 Å². The third-order valence-corrected chi connectivity index (χ3v) is 4.42. The number of aromatic nitrogens is 1. The summed E-state index contributed by atoms with van der Waals surface area (Å²) >= 11 is 1.68. The molecule has 0 amide bonds. The Morgan fingerprint density at radius 3 is 2.71 bits per heavy atom. The van der Waals surface area contributed by atoms with E-state index in [1.165, 1.54) is 11.3 Å². The topological polar surface area (TPSA) is 43.8 Å². The molecular formula is C18H27N5S. The Morgan fingerprint density at radius 2 is 2.08 bits per heavy atom. The lowest BCUT2D eigenvalue weighted by Crippen LogP contribution is -2.38. The number of nitrogens with one attached hydrogen (secondary N) is 1. The molecule has 1 aromatic heterocycles. The molecule has 0 atom stereocenters. The van der Waals surface area contributed by atoms with Crippen LogP contribution in [0.1, 0.15) is 23.2 Å². The molecule has 0 spiro atoms. The summed E-state index contributed by atoms with van der Waals surface area (Å²) in [5.74, 6) is 0.901. The van der Waals surface area contributed by atoms with Crippen molar-refractivity contribution in [2.45, 2.75) is 26.9 Å². The molecule has 1 heterocycles. The largest absolute Gasteiger partial charge is 0.378 e. The van der Waals surface area contributed by atoms with Crippen LogP contribution in [-0.4, -0.2) is 43.5 Å². The van der Waals surface area contributed by atoms with E-state index in [9.17, 15) is 0 Å². The number of guanidine groups is 1. The quantitative estimate of drug-likeness (QED) is 0.645. The van der Waals surface area contributed by atoms with E-state index < -0.39 is 0 Å². The van der Waals surface area contributed by atoms with E-state index in [-0.39, 0.29) is 0 Å². The van der Waals surface area contributed by atoms with E-state index in [1.807, 2.05) is 14.0 Å². The van der Waals surface area contributed by atoms with Gasteiger partial charge in [-0.25, -0.2) is 9.98 Å². The Labute approximate surface area is 149 Å². The van der Waals surface area contributed by atoms with Crippen LogP contribution in [0.5, 0.6) is 0 Å². The van der Waals surface area contributed by atoms with Crippen molar-refractivity contribution in [3.8, 4) is 0 Å². The summed E-state index contributed by atoms with van der Waals surface area (Å²) in [6, 6.07) is 8.48. The summed E-state index contributed by atoms with van der Waals surface area (Å²) in [7, 11) is 6.15. The fraction of sp³-hybridized carbons (Fsp3) is 0.444. The van der Waals surface area contributed by atoms with Crippen molar-refractivity contribution in [3.63, 3.8) is 0 Å². The highest BCUT2D eigenvalue weighted by atomic mass is 32.1. The number of aryl methyl sites for hydroxylation is 1. The molecule has 0 fully saturated rings. The first kappa shape index (κ1) is 18.3. The molecule has 0 saturated carbocycles. The van der Waals surface area contributed by atoms with Crippen molar-refractivity contribution in [2.75, 3.05) is 32.6 Å². The summed E-state index contributed by atoms with van der Waals surface area (Å²) in [6.07, 6.45) is 0. The van der Waals surface area contributed by atoms with Gasteiger partial charge in [-0.15, -0.1) is 11.3 Å². The van der Waals surface area contributed by atoms with Gasteiger partial charge in [0.25, 0.3) is 0 Å². The van der Waals surface area contributed by atoms with Crippen LogP contribution in [-0.2, 0) is 13.1 Å². The van der Waals surface area contributed by atoms with E-state index in [0.717, 1.165) is 29.8 Å². The monoisotopic (exact) mass is 345 g/mol. The van der Waals surface area contributed by atoms with Crippen LogP contribution in [0.2, 0.25) is 0 Å². The van der Waals surface area contributed by atoms with Gasteiger partial charge >= 0.3 is 0 Å². The molecule has 130 valence electrons. The Bertz CT molecular complexity index is 678. The molecule has 0 unspecified atom stereocenters. The van der Waals surface area contributed by atoms with Crippen molar-refractivity contribution in [1.29, 1.82) is 0 Å². The van der Waals surface area contributed by atoms with Gasteiger partial charge in [0, 0.05) is 38.8 Å². The highest BCUT2D eigenvalue weighted by Crippen LogP contribution is 2.14. The molecule has 5 nitrogen and oxygen atoms in total. The first-order valence-corrected chi connectivity index (χ1v) is 9.04. The zero-order valence-corrected chi connectivity index (χ0v) is 16.0. The molecular weight excluding hydrogens is 318 g/mol. The third kappa shape index (κ3) is 5.23. The van der Waals surface area contributed by atoms with Crippen molar-refractivity contribution in [3.05, 3.63) is 45.9 Å². The molecule has 24 heavy (non-hydrogen) atoms. The maximum absolute atomic E-state index is 4.78. The van der Waals surface area contributed by atoms with Gasteiger partial charge in [0.2, 0.25) is 0 Å². The molecule has 2 rings (SSSR count). The van der Waals surface area contributed by atoms with Gasteiger partial charge in [-0.1, -0.05) is 12.1 Å². The standard InChI is InChI=1S/C18H27N5S/c1-6-19-18(23(5)12-16-13-24-14(2)21-16)20-11-15-8-7-9-17(10-15)22(3)4/h7-10,13H,6,11-12H2,1-5H3,(H,19,20). The SMILES string of the molecule is CCNC(=NCc1cccc(N(C)C)c1)N(C)Cc1csc(C)n1. The predicted octanol–water partition coefficient (Wildman–Crippen LogP) is 3.12. The summed E-state index contributed by atoms with van der Waals surface area (Å²) in [4.78, 5) is 13.5. The minimum absolute atomic E-state index is 0.657. The molecule has 0 aliphatic heterocycles. The van der Waals surface area contributed by atoms with E-state index in [0.29, 0.717) is 6.54 Å². The molecule has 6 heteroatoms. The predicted molar refractivity (Wildman–Crippen MR) is 104 cm³/mol. The zero-order valence-electron chi connectivity index (χ0n) is 15.2. The molecule has 0 bridgehead atoms. The second kappa shape index (κ2) is 8.68. The number of hydrogen-bond donors (Lipinski definition) is 1. The smallest absolute Gasteiger partial charge is 0.194 e. The van der Waals surface area contributed by atoms with Gasteiger partial charge in [-0.3, -0.25) is 0 Å². The third-order valence-electron chi connectivity index (χ3n) is 3.60. The van der Waals surface area contributed by atoms with Gasteiger partial charge in [0.05, 0.1) is 23.8 Å². The summed E-state index contributed by atoms with van der Waals surface area (Å²) in [6.45, 7) is 6.38. The Morgan fingerprint density at radius 1 is 1.29 bits per heavy atom. The van der Waals surface area contributed by atoms with E-state index in [4.69, 9.17) is 4.99 Å². The lowest BCUT2D eigenvalue weighted by atomic mass is 10.2. The lowest BCUT2D eigenvalue weighted by Gasteiger charge is -2.21. The van der Waals surface area contributed by atoms with Crippen LogP contribution in [0.25, 0.3) is 0 Å². The average Bonchev–Trinajstić information content (AvgIpc) is 2.96. The van der Waals surface area contributed by atoms with E-state index in [2.05, 4.69) is 70.8 Å². The first-order valence-electron chi connectivity index (χ1n) is 8.16. The second-order valence-corrected chi connectivity index (χ2v) is 7.01. The molecule has 0 aliphatic carbocycles. The van der Waals surface area contributed by atoms with E-state index in [1.54, 1.807) is 11.3 Å². The number of benzene rings is 1. The Balaban J connectivity index is 2.08. The molecule has 0 radical (unpaired) electrons. The van der Waals surface area contributed by atoms with Crippen LogP contribution in [0.3, 0.4) is 0 Å². The van der Waals surface area contributed by atoms with Gasteiger partial charge < -0.3 is 15.1 Å². The number of hydrogen-bond acceptors (Lipinski definition) is 4. The second-order valence-electron chi connectivity index (χ2n) is 5.95. The van der Waals surface area contributed by atoms with Crippen LogP contribution < -0.4 is 10.2 Å². The van der Waals surface area contributed by atoms with E-state index >= 15 is 0 Å². The van der Waals surface area contributed by atoms with Gasteiger partial charge in [-0.05, 0) is 31.5 Å². The summed E-state index contributed by atoms with van der Waals surface area (Å²) in [5, 5.41) is 6.56. The molecule has 2 aromatic rings. The number of thiazole rings is 1. The normalized spacial score (nSPS) is 11.5. The lowest BCUT2D eigenvalue weighted by molar-refractivity contribution is 0.471. The summed E-state index contributed by atoms with van der Waals surface area (Å²) in [5.41, 5.74) is 3.48. The highest BCUT2D eigenvalue weighted by Gasteiger charge is 2.08. The molecule has 0 aliphatic rings. The van der Waals surface area contributed by atoms with Gasteiger partial charge in [0.15, 0.2) is 5.96 Å². The van der Waals surface area contributed by atoms with Crippen LogP contribution in [0, 0.1) is 6.92 Å². The zero-order chi connectivity index (χ0) is 17.5. The highest BCUT2D eigenvalue weighted by molar-refractivity contribution is 7.09. The number of anilines is 1. The van der Waals surface area contributed by atoms with Crippen molar-refractivity contribution >= 4 is 23.0 Å². The molecule has 0 saturated heterocycles. The Hall–Kier alpha value is -2.08. The number of aliphatic imine (C=N–C) groups is 1. The van der Waals surface area contributed by atoms with Crippen molar-refractivity contribution in [1.82, 2.24) is 15.2 Å². The number of rotatable bonds is 6.